The Morgan fingerprint density at radius 1 is 1.48 bits per heavy atom. The Hall–Kier alpha value is -3.33. The van der Waals surface area contributed by atoms with Crippen LogP contribution in [0.1, 0.15) is 24.8 Å². The highest BCUT2D eigenvalue weighted by Crippen LogP contribution is 2.26. The number of carbonyl (C=O) groups is 2. The number of nitro benzene ring substituents is 1. The molecular weight excluding hydrogens is 334 g/mol. The van der Waals surface area contributed by atoms with Gasteiger partial charge >= 0.3 is 12.1 Å². The predicted molar refractivity (Wildman–Crippen MR) is 86.0 cm³/mol. The van der Waals surface area contributed by atoms with Crippen LogP contribution in [-0.4, -0.2) is 41.3 Å². The summed E-state index contributed by atoms with van der Waals surface area (Å²) < 4.78 is 4.94. The lowest BCUT2D eigenvalue weighted by Crippen LogP contribution is -2.41. The van der Waals surface area contributed by atoms with Crippen molar-refractivity contribution in [1.29, 1.82) is 0 Å². The number of ether oxygens (including phenoxy) is 1. The Morgan fingerprint density at radius 3 is 2.76 bits per heavy atom. The Morgan fingerprint density at radius 2 is 2.16 bits per heavy atom. The molecule has 11 nitrogen and oxygen atoms in total. The van der Waals surface area contributed by atoms with Crippen molar-refractivity contribution in [3.63, 3.8) is 0 Å². The van der Waals surface area contributed by atoms with E-state index in [1.54, 1.807) is 19.1 Å². The average molecular weight is 351 g/mol. The number of nitrogens with one attached hydrogen (secondary N) is 1. The highest BCUT2D eigenvalue weighted by Gasteiger charge is 2.22. The molecule has 0 spiro atoms. The maximum Gasteiger partial charge on any atom is 0.407 e. The number of amides is 1. The van der Waals surface area contributed by atoms with Crippen molar-refractivity contribution in [2.75, 3.05) is 13.2 Å². The number of hydrogen-bond acceptors (Lipinski definition) is 6. The van der Waals surface area contributed by atoms with Crippen molar-refractivity contribution >= 4 is 17.7 Å². The van der Waals surface area contributed by atoms with Crippen LogP contribution in [0.25, 0.3) is 10.4 Å². The average Bonchev–Trinajstić information content (AvgIpc) is 2.58. The topological polar surface area (TPSA) is 168 Å². The fraction of sp³-hybridized carbons (Fsp3) is 0.429. The summed E-state index contributed by atoms with van der Waals surface area (Å²) in [6.45, 7) is 1.38. The molecule has 2 unspecified atom stereocenters. The summed E-state index contributed by atoms with van der Waals surface area (Å²) in [5.41, 5.74) is 8.48. The molecule has 1 aromatic rings. The van der Waals surface area contributed by atoms with Gasteiger partial charge < -0.3 is 15.2 Å². The Balaban J connectivity index is 2.61. The molecule has 25 heavy (non-hydrogen) atoms. The van der Waals surface area contributed by atoms with Gasteiger partial charge in [-0.25, -0.2) is 9.59 Å². The van der Waals surface area contributed by atoms with Crippen LogP contribution >= 0.6 is 0 Å². The normalized spacial score (nSPS) is 12.4. The van der Waals surface area contributed by atoms with E-state index in [9.17, 15) is 19.7 Å². The lowest BCUT2D eigenvalue weighted by molar-refractivity contribution is -0.385. The molecule has 2 N–H and O–H groups in total. The van der Waals surface area contributed by atoms with Gasteiger partial charge in [0, 0.05) is 29.0 Å². The lowest BCUT2D eigenvalue weighted by Gasteiger charge is -2.16. The molecule has 0 fully saturated rings. The summed E-state index contributed by atoms with van der Waals surface area (Å²) in [6.07, 6.45) is -1.06. The van der Waals surface area contributed by atoms with Gasteiger partial charge in [0.15, 0.2) is 0 Å². The van der Waals surface area contributed by atoms with E-state index >= 15 is 0 Å². The van der Waals surface area contributed by atoms with E-state index < -0.39 is 28.9 Å². The van der Waals surface area contributed by atoms with Crippen LogP contribution in [0.5, 0.6) is 0 Å². The minimum absolute atomic E-state index is 0.0863. The third-order valence-corrected chi connectivity index (χ3v) is 3.30. The van der Waals surface area contributed by atoms with Gasteiger partial charge in [-0.3, -0.25) is 10.1 Å². The van der Waals surface area contributed by atoms with E-state index in [1.165, 1.54) is 12.1 Å². The first-order chi connectivity index (χ1) is 11.9. The van der Waals surface area contributed by atoms with Crippen LogP contribution < -0.4 is 5.32 Å². The number of para-hydroxylation sites is 1. The molecule has 2 atom stereocenters. The zero-order chi connectivity index (χ0) is 18.8. The SMILES string of the molecule is CC(COC(=O)NC(CCN=[N+]=[N-])C(=O)O)c1ccccc1[N+](=O)[O-]. The van der Waals surface area contributed by atoms with Gasteiger partial charge in [0.2, 0.25) is 0 Å². The van der Waals surface area contributed by atoms with Crippen LogP contribution in [0.2, 0.25) is 0 Å². The minimum Gasteiger partial charge on any atom is -0.480 e. The molecule has 1 rings (SSSR count). The summed E-state index contributed by atoms with van der Waals surface area (Å²) >= 11 is 0. The number of alkyl carbamates (subject to hydrolysis) is 1. The fourth-order valence-electron chi connectivity index (χ4n) is 2.03. The van der Waals surface area contributed by atoms with Crippen LogP contribution in [0, 0.1) is 10.1 Å². The molecule has 0 aromatic heterocycles. The number of carbonyl (C=O) groups excluding carboxylic acids is 1. The number of nitrogens with zero attached hydrogens (tertiary/aromatic N) is 4. The summed E-state index contributed by atoms with van der Waals surface area (Å²) in [7, 11) is 0. The number of carboxylic acids is 1. The van der Waals surface area contributed by atoms with Crippen LogP contribution in [-0.2, 0) is 9.53 Å². The van der Waals surface area contributed by atoms with Crippen LogP contribution in [0.15, 0.2) is 29.4 Å². The zero-order valence-corrected chi connectivity index (χ0v) is 13.4. The zero-order valence-electron chi connectivity index (χ0n) is 13.4. The third kappa shape index (κ3) is 6.36. The van der Waals surface area contributed by atoms with Gasteiger partial charge in [0.25, 0.3) is 5.69 Å². The van der Waals surface area contributed by atoms with Gasteiger partial charge in [0.1, 0.15) is 12.6 Å². The van der Waals surface area contributed by atoms with Crippen molar-refractivity contribution in [3.8, 4) is 0 Å². The summed E-state index contributed by atoms with van der Waals surface area (Å²) in [4.78, 5) is 35.7. The summed E-state index contributed by atoms with van der Waals surface area (Å²) in [5, 5.41) is 25.3. The van der Waals surface area contributed by atoms with Gasteiger partial charge in [-0.15, -0.1) is 0 Å². The standard InChI is InChI=1S/C14H17N5O6/c1-9(10-4-2-3-5-12(10)19(23)24)8-25-14(22)17-11(13(20)21)6-7-16-18-15/h2-5,9,11H,6-8H2,1H3,(H,17,22)(H,20,21). The molecule has 0 bridgehead atoms. The molecule has 0 saturated carbocycles. The van der Waals surface area contributed by atoms with Gasteiger partial charge in [-0.1, -0.05) is 30.2 Å². The number of azide groups is 1. The number of hydrogen-bond donors (Lipinski definition) is 2. The van der Waals surface area contributed by atoms with Crippen molar-refractivity contribution in [3.05, 3.63) is 50.4 Å². The first-order valence-corrected chi connectivity index (χ1v) is 7.27. The number of rotatable bonds is 9. The summed E-state index contributed by atoms with van der Waals surface area (Å²) in [6, 6.07) is 4.81. The van der Waals surface area contributed by atoms with Crippen molar-refractivity contribution < 1.29 is 24.4 Å². The second-order valence-electron chi connectivity index (χ2n) is 5.09. The Bertz CT molecular complexity index is 688. The van der Waals surface area contributed by atoms with Gasteiger partial charge in [-0.2, -0.15) is 0 Å². The molecule has 0 saturated heterocycles. The molecule has 0 aliphatic rings. The third-order valence-electron chi connectivity index (χ3n) is 3.30. The van der Waals surface area contributed by atoms with Crippen LogP contribution in [0.3, 0.4) is 0 Å². The molecule has 0 aliphatic carbocycles. The predicted octanol–water partition coefficient (Wildman–Crippen LogP) is 2.58. The van der Waals surface area contributed by atoms with Gasteiger partial charge in [0.05, 0.1) is 4.92 Å². The molecular formula is C14H17N5O6. The van der Waals surface area contributed by atoms with E-state index in [0.29, 0.717) is 5.56 Å². The van der Waals surface area contributed by atoms with Crippen LogP contribution in [0.4, 0.5) is 10.5 Å². The number of carboxylic acid groups (broad SMARTS) is 1. The Labute approximate surface area is 142 Å². The molecule has 134 valence electrons. The molecule has 1 amide bonds. The van der Waals surface area contributed by atoms with Crippen molar-refractivity contribution in [1.82, 2.24) is 5.32 Å². The number of nitro groups is 1. The fourth-order valence-corrected chi connectivity index (χ4v) is 2.03. The van der Waals surface area contributed by atoms with E-state index in [4.69, 9.17) is 15.4 Å². The number of benzene rings is 1. The molecule has 0 aliphatic heterocycles. The first kappa shape index (κ1) is 19.7. The van der Waals surface area contributed by atoms with E-state index in [-0.39, 0.29) is 25.3 Å². The van der Waals surface area contributed by atoms with Crippen molar-refractivity contribution in [2.45, 2.75) is 25.3 Å². The van der Waals surface area contributed by atoms with E-state index in [2.05, 4.69) is 15.3 Å². The molecule has 0 heterocycles. The molecule has 1 aromatic carbocycles. The first-order valence-electron chi connectivity index (χ1n) is 7.27. The molecule has 11 heteroatoms. The minimum atomic E-state index is -1.29. The van der Waals surface area contributed by atoms with Gasteiger partial charge in [-0.05, 0) is 12.0 Å². The maximum atomic E-state index is 11.7. The smallest absolute Gasteiger partial charge is 0.407 e. The largest absolute Gasteiger partial charge is 0.480 e. The monoisotopic (exact) mass is 351 g/mol. The van der Waals surface area contributed by atoms with E-state index in [0.717, 1.165) is 0 Å². The highest BCUT2D eigenvalue weighted by atomic mass is 16.6. The maximum absolute atomic E-state index is 11.7. The highest BCUT2D eigenvalue weighted by molar-refractivity contribution is 5.79. The second-order valence-corrected chi connectivity index (χ2v) is 5.09. The quantitative estimate of drug-likeness (QED) is 0.228. The summed E-state index contributed by atoms with van der Waals surface area (Å²) in [5.74, 6) is -1.75. The van der Waals surface area contributed by atoms with Crippen molar-refractivity contribution in [2.24, 2.45) is 5.11 Å². The molecule has 0 radical (unpaired) electrons. The van der Waals surface area contributed by atoms with E-state index in [1.807, 2.05) is 0 Å². The number of aliphatic carboxylic acids is 1. The second kappa shape index (κ2) is 9.73. The Kier molecular flexibility index (Phi) is 7.67. The lowest BCUT2D eigenvalue weighted by atomic mass is 10.0.